The van der Waals surface area contributed by atoms with Crippen LogP contribution in [0.3, 0.4) is 0 Å². The van der Waals surface area contributed by atoms with Crippen molar-refractivity contribution >= 4 is 21.6 Å². The number of carbonyl (C=O) groups is 1. The summed E-state index contributed by atoms with van der Waals surface area (Å²) < 4.78 is 38.8. The zero-order valence-corrected chi connectivity index (χ0v) is 18.6. The van der Waals surface area contributed by atoms with Crippen molar-refractivity contribution < 1.29 is 22.7 Å². The van der Waals surface area contributed by atoms with Gasteiger partial charge in [0.15, 0.2) is 0 Å². The minimum absolute atomic E-state index is 0.112. The lowest BCUT2D eigenvalue weighted by Gasteiger charge is -2.28. The van der Waals surface area contributed by atoms with E-state index in [9.17, 15) is 13.2 Å². The molecular formula is C23H28N2O5S. The molecule has 0 heterocycles. The number of rotatable bonds is 8. The summed E-state index contributed by atoms with van der Waals surface area (Å²) in [7, 11) is -1.01. The Morgan fingerprint density at radius 2 is 1.84 bits per heavy atom. The van der Waals surface area contributed by atoms with Crippen LogP contribution in [0.1, 0.15) is 25.7 Å². The first-order valence-corrected chi connectivity index (χ1v) is 12.0. The molecule has 2 saturated carbocycles. The van der Waals surface area contributed by atoms with Crippen molar-refractivity contribution in [3.05, 3.63) is 48.5 Å². The maximum atomic E-state index is 13.5. The molecule has 0 unspecified atom stereocenters. The van der Waals surface area contributed by atoms with Crippen molar-refractivity contribution in [3.8, 4) is 11.5 Å². The fourth-order valence-electron chi connectivity index (χ4n) is 4.81. The van der Waals surface area contributed by atoms with Gasteiger partial charge in [-0.1, -0.05) is 24.6 Å². The van der Waals surface area contributed by atoms with Gasteiger partial charge in [0, 0.05) is 12.1 Å². The summed E-state index contributed by atoms with van der Waals surface area (Å²) in [4.78, 5) is 13.1. The molecule has 31 heavy (non-hydrogen) atoms. The smallest absolute Gasteiger partial charge is 0.264 e. The molecule has 7 nitrogen and oxygen atoms in total. The Labute approximate surface area is 183 Å². The number of nitrogens with zero attached hydrogens (tertiary/aromatic N) is 1. The Balaban J connectivity index is 1.65. The molecule has 4 rings (SSSR count). The standard InChI is InChI=1S/C23H28N2O5S/c1-29-18-10-11-21(22(14-18)30-2)25(31(27,28)19-6-4-3-5-7-19)15-23(26)24-20-13-16-8-9-17(20)12-16/h3-7,10-11,14,16-17,20H,8-9,12-13,15H2,1-2H3,(H,24,26)/t16-,17-,20-/m0/s1. The second-order valence-electron chi connectivity index (χ2n) is 8.21. The van der Waals surface area contributed by atoms with Crippen LogP contribution in [-0.4, -0.2) is 41.1 Å². The second-order valence-corrected chi connectivity index (χ2v) is 10.1. The van der Waals surface area contributed by atoms with Gasteiger partial charge in [0.05, 0.1) is 24.8 Å². The van der Waals surface area contributed by atoms with Crippen LogP contribution in [0.4, 0.5) is 5.69 Å². The molecule has 2 bridgehead atoms. The van der Waals surface area contributed by atoms with Crippen molar-refractivity contribution in [1.29, 1.82) is 0 Å². The molecule has 2 fully saturated rings. The molecule has 2 aromatic carbocycles. The summed E-state index contributed by atoms with van der Waals surface area (Å²) in [6.45, 7) is -0.326. The Morgan fingerprint density at radius 3 is 2.45 bits per heavy atom. The predicted octanol–water partition coefficient (Wildman–Crippen LogP) is 3.20. The van der Waals surface area contributed by atoms with Crippen LogP contribution < -0.4 is 19.1 Å². The molecule has 8 heteroatoms. The van der Waals surface area contributed by atoms with Gasteiger partial charge in [-0.05, 0) is 55.4 Å². The third kappa shape index (κ3) is 4.35. The number of nitrogens with one attached hydrogen (secondary N) is 1. The minimum Gasteiger partial charge on any atom is -0.497 e. The second kappa shape index (κ2) is 8.78. The lowest BCUT2D eigenvalue weighted by molar-refractivity contribution is -0.120. The van der Waals surface area contributed by atoms with E-state index in [2.05, 4.69) is 5.32 Å². The fourth-order valence-corrected chi connectivity index (χ4v) is 6.27. The lowest BCUT2D eigenvalue weighted by atomic mass is 9.95. The van der Waals surface area contributed by atoms with E-state index in [-0.39, 0.29) is 29.1 Å². The van der Waals surface area contributed by atoms with E-state index >= 15 is 0 Å². The minimum atomic E-state index is -3.99. The molecule has 0 saturated heterocycles. The Kier molecular flexibility index (Phi) is 6.09. The predicted molar refractivity (Wildman–Crippen MR) is 118 cm³/mol. The summed E-state index contributed by atoms with van der Waals surface area (Å²) in [5.41, 5.74) is 0.287. The zero-order valence-electron chi connectivity index (χ0n) is 17.8. The van der Waals surface area contributed by atoms with Gasteiger partial charge in [0.2, 0.25) is 5.91 Å². The zero-order chi connectivity index (χ0) is 22.0. The van der Waals surface area contributed by atoms with E-state index in [1.54, 1.807) is 36.4 Å². The number of sulfonamides is 1. The van der Waals surface area contributed by atoms with Gasteiger partial charge in [0.1, 0.15) is 18.0 Å². The van der Waals surface area contributed by atoms with Gasteiger partial charge in [-0.2, -0.15) is 0 Å². The Hall–Kier alpha value is -2.74. The van der Waals surface area contributed by atoms with Crippen LogP contribution >= 0.6 is 0 Å². The van der Waals surface area contributed by atoms with Crippen LogP contribution in [0.5, 0.6) is 11.5 Å². The third-order valence-corrected chi connectivity index (χ3v) is 8.13. The van der Waals surface area contributed by atoms with E-state index in [0.29, 0.717) is 23.3 Å². The Morgan fingerprint density at radius 1 is 1.06 bits per heavy atom. The topological polar surface area (TPSA) is 84.9 Å². The number of benzene rings is 2. The number of hydrogen-bond donors (Lipinski definition) is 1. The highest BCUT2D eigenvalue weighted by Gasteiger charge is 2.40. The maximum Gasteiger partial charge on any atom is 0.264 e. The summed E-state index contributed by atoms with van der Waals surface area (Å²) in [6, 6.07) is 13.1. The monoisotopic (exact) mass is 444 g/mol. The molecule has 1 N–H and O–H groups in total. The molecule has 0 aliphatic heterocycles. The molecule has 3 atom stereocenters. The van der Waals surface area contributed by atoms with E-state index in [0.717, 1.165) is 23.6 Å². The van der Waals surface area contributed by atoms with Gasteiger partial charge in [-0.3, -0.25) is 9.10 Å². The normalized spacial score (nSPS) is 22.2. The van der Waals surface area contributed by atoms with E-state index in [1.807, 2.05) is 0 Å². The summed E-state index contributed by atoms with van der Waals surface area (Å²) in [5, 5.41) is 3.08. The van der Waals surface area contributed by atoms with Crippen LogP contribution in [0, 0.1) is 11.8 Å². The van der Waals surface area contributed by atoms with Gasteiger partial charge in [-0.15, -0.1) is 0 Å². The maximum absolute atomic E-state index is 13.5. The van der Waals surface area contributed by atoms with Gasteiger partial charge in [0.25, 0.3) is 10.0 Å². The summed E-state index contributed by atoms with van der Waals surface area (Å²) >= 11 is 0. The SMILES string of the molecule is COc1ccc(N(CC(=O)N[C@H]2C[C@H]3CC[C@H]2C3)S(=O)(=O)c2ccccc2)c(OC)c1. The summed E-state index contributed by atoms with van der Waals surface area (Å²) in [6.07, 6.45) is 4.50. The molecule has 2 aliphatic rings. The van der Waals surface area contributed by atoms with E-state index < -0.39 is 10.0 Å². The first-order valence-electron chi connectivity index (χ1n) is 10.5. The molecule has 2 aromatic rings. The van der Waals surface area contributed by atoms with Crippen molar-refractivity contribution in [1.82, 2.24) is 5.32 Å². The molecule has 166 valence electrons. The van der Waals surface area contributed by atoms with Crippen LogP contribution in [0.2, 0.25) is 0 Å². The number of carbonyl (C=O) groups excluding carboxylic acids is 1. The van der Waals surface area contributed by atoms with Crippen LogP contribution in [0.15, 0.2) is 53.4 Å². The quantitative estimate of drug-likeness (QED) is 0.676. The molecule has 0 radical (unpaired) electrons. The molecule has 1 amide bonds. The molecule has 0 aromatic heterocycles. The number of fused-ring (bicyclic) bond motifs is 2. The van der Waals surface area contributed by atoms with Crippen molar-refractivity contribution in [3.63, 3.8) is 0 Å². The Bertz CT molecular complexity index is 1040. The average molecular weight is 445 g/mol. The first kappa shape index (κ1) is 21.5. The van der Waals surface area contributed by atoms with Gasteiger partial charge >= 0.3 is 0 Å². The van der Waals surface area contributed by atoms with Crippen LogP contribution in [0.25, 0.3) is 0 Å². The fraction of sp³-hybridized carbons (Fsp3) is 0.435. The van der Waals surface area contributed by atoms with Crippen molar-refractivity contribution in [2.75, 3.05) is 25.1 Å². The number of hydrogen-bond acceptors (Lipinski definition) is 5. The number of ether oxygens (including phenoxy) is 2. The van der Waals surface area contributed by atoms with E-state index in [4.69, 9.17) is 9.47 Å². The molecule has 0 spiro atoms. The van der Waals surface area contributed by atoms with Crippen molar-refractivity contribution in [2.45, 2.75) is 36.6 Å². The highest BCUT2D eigenvalue weighted by atomic mass is 32.2. The van der Waals surface area contributed by atoms with E-state index in [1.165, 1.54) is 32.8 Å². The number of anilines is 1. The van der Waals surface area contributed by atoms with Crippen LogP contribution in [-0.2, 0) is 14.8 Å². The van der Waals surface area contributed by atoms with Gasteiger partial charge in [-0.25, -0.2) is 8.42 Å². The number of methoxy groups -OCH3 is 2. The first-order chi connectivity index (χ1) is 14.9. The largest absolute Gasteiger partial charge is 0.497 e. The van der Waals surface area contributed by atoms with Gasteiger partial charge < -0.3 is 14.8 Å². The third-order valence-electron chi connectivity index (χ3n) is 6.36. The lowest BCUT2D eigenvalue weighted by Crippen LogP contribution is -2.46. The highest BCUT2D eigenvalue weighted by Crippen LogP contribution is 2.44. The van der Waals surface area contributed by atoms with Crippen molar-refractivity contribution in [2.24, 2.45) is 11.8 Å². The average Bonchev–Trinajstić information content (AvgIpc) is 3.41. The number of amides is 1. The molecular weight excluding hydrogens is 416 g/mol. The molecule has 2 aliphatic carbocycles. The highest BCUT2D eigenvalue weighted by molar-refractivity contribution is 7.92. The summed E-state index contributed by atoms with van der Waals surface area (Å²) in [5.74, 6) is 1.72.